The molecule has 0 radical (unpaired) electrons. The average molecular weight is 559 g/mol. The van der Waals surface area contributed by atoms with Crippen LogP contribution in [-0.4, -0.2) is 32.7 Å². The Morgan fingerprint density at radius 2 is 2.06 bits per heavy atom. The number of aromatic nitrogens is 4. The Morgan fingerprint density at radius 3 is 2.91 bits per heavy atom. The Morgan fingerprint density at radius 1 is 1.20 bits per heavy atom. The molecule has 8 heteroatoms. The zero-order valence-corrected chi connectivity index (χ0v) is 22.9. The van der Waals surface area contributed by atoms with Gasteiger partial charge in [-0.25, -0.2) is 4.98 Å². The van der Waals surface area contributed by atoms with Crippen molar-refractivity contribution in [3.63, 3.8) is 0 Å². The van der Waals surface area contributed by atoms with Crippen LogP contribution in [0.1, 0.15) is 73.8 Å². The second-order valence-electron chi connectivity index (χ2n) is 9.38. The highest BCUT2D eigenvalue weighted by atomic mass is 79.9. The van der Waals surface area contributed by atoms with Gasteiger partial charge < -0.3 is 15.0 Å². The number of hydrogen-bond acceptors (Lipinski definition) is 5. The summed E-state index contributed by atoms with van der Waals surface area (Å²) in [7, 11) is 0. The number of unbranched alkanes of at least 4 members (excludes halogenated alkanes) is 3. The molecule has 0 bridgehead atoms. The van der Waals surface area contributed by atoms with Gasteiger partial charge in [-0.3, -0.25) is 4.98 Å². The third-order valence-corrected chi connectivity index (χ3v) is 8.23. The number of rotatable bonds is 7. The number of nitrogens with zero attached hydrogens (tertiary/aromatic N) is 4. The maximum Gasteiger partial charge on any atom is 0.223 e. The third kappa shape index (κ3) is 6.55. The standard InChI is InChI=1S/C27H33BrClN5O/c1-18-15-31-22(19(2)24(18)28)17-34-16-21(23-25(29)32-27(30)33-26(23)34)11-7-5-3-4-6-9-20-10-8-13-35-14-12-20/h15-16,20H,3-6,8-10,12-14,17H2,1-2H3,(H2,30,32,33). The van der Waals surface area contributed by atoms with Gasteiger partial charge in [-0.1, -0.05) is 58.6 Å². The van der Waals surface area contributed by atoms with E-state index in [9.17, 15) is 0 Å². The number of anilines is 1. The fourth-order valence-corrected chi connectivity index (χ4v) is 5.29. The summed E-state index contributed by atoms with van der Waals surface area (Å²) in [6.45, 7) is 6.50. The number of pyridine rings is 1. The predicted octanol–water partition coefficient (Wildman–Crippen LogP) is 6.61. The van der Waals surface area contributed by atoms with Gasteiger partial charge in [0.05, 0.1) is 23.2 Å². The molecule has 3 aromatic rings. The number of halogens is 2. The maximum absolute atomic E-state index is 6.48. The molecule has 1 aliphatic rings. The number of nitrogen functional groups attached to an aromatic ring is 1. The quantitative estimate of drug-likeness (QED) is 0.201. The molecule has 0 saturated carbocycles. The smallest absolute Gasteiger partial charge is 0.223 e. The Balaban J connectivity index is 1.44. The topological polar surface area (TPSA) is 78.8 Å². The van der Waals surface area contributed by atoms with Crippen molar-refractivity contribution >= 4 is 44.5 Å². The third-order valence-electron chi connectivity index (χ3n) is 6.74. The lowest BCUT2D eigenvalue weighted by Crippen LogP contribution is -2.06. The van der Waals surface area contributed by atoms with Gasteiger partial charge in [0, 0.05) is 36.5 Å². The Hall–Kier alpha value is -2.14. The van der Waals surface area contributed by atoms with Crippen molar-refractivity contribution in [3.8, 4) is 11.8 Å². The van der Waals surface area contributed by atoms with E-state index in [4.69, 9.17) is 22.1 Å². The zero-order chi connectivity index (χ0) is 24.8. The second-order valence-corrected chi connectivity index (χ2v) is 10.5. The van der Waals surface area contributed by atoms with Gasteiger partial charge in [-0.2, -0.15) is 4.98 Å². The molecule has 1 saturated heterocycles. The minimum atomic E-state index is 0.149. The molecule has 4 heterocycles. The van der Waals surface area contributed by atoms with Crippen molar-refractivity contribution in [3.05, 3.63) is 44.4 Å². The number of aryl methyl sites for hydroxylation is 1. The van der Waals surface area contributed by atoms with Crippen molar-refractivity contribution in [2.24, 2.45) is 5.92 Å². The molecule has 3 aromatic heterocycles. The monoisotopic (exact) mass is 557 g/mol. The van der Waals surface area contributed by atoms with Gasteiger partial charge >= 0.3 is 0 Å². The van der Waals surface area contributed by atoms with Crippen LogP contribution in [0.5, 0.6) is 0 Å². The average Bonchev–Trinajstić information content (AvgIpc) is 2.98. The van der Waals surface area contributed by atoms with Gasteiger partial charge in [0.2, 0.25) is 5.95 Å². The highest BCUT2D eigenvalue weighted by Crippen LogP contribution is 2.29. The van der Waals surface area contributed by atoms with E-state index in [0.717, 1.165) is 64.2 Å². The van der Waals surface area contributed by atoms with Crippen LogP contribution in [0.15, 0.2) is 16.9 Å². The summed E-state index contributed by atoms with van der Waals surface area (Å²) >= 11 is 10.1. The number of nitrogens with two attached hydrogens (primary N) is 1. The molecule has 2 N–H and O–H groups in total. The lowest BCUT2D eigenvalue weighted by molar-refractivity contribution is 0.141. The van der Waals surface area contributed by atoms with Crippen LogP contribution in [-0.2, 0) is 11.3 Å². The van der Waals surface area contributed by atoms with Gasteiger partial charge in [-0.05, 0) is 56.6 Å². The van der Waals surface area contributed by atoms with Crippen molar-refractivity contribution in [1.29, 1.82) is 0 Å². The summed E-state index contributed by atoms with van der Waals surface area (Å²) in [6.07, 6.45) is 13.3. The van der Waals surface area contributed by atoms with E-state index in [1.54, 1.807) is 0 Å². The van der Waals surface area contributed by atoms with Crippen molar-refractivity contribution < 1.29 is 4.74 Å². The predicted molar refractivity (Wildman–Crippen MR) is 146 cm³/mol. The number of fused-ring (bicyclic) bond motifs is 1. The Labute approximate surface area is 221 Å². The van der Waals surface area contributed by atoms with Gasteiger partial charge in [0.1, 0.15) is 10.8 Å². The molecule has 186 valence electrons. The number of hydrogen-bond donors (Lipinski definition) is 1. The van der Waals surface area contributed by atoms with E-state index in [2.05, 4.69) is 49.6 Å². The van der Waals surface area contributed by atoms with E-state index >= 15 is 0 Å². The van der Waals surface area contributed by atoms with Crippen LogP contribution < -0.4 is 5.73 Å². The van der Waals surface area contributed by atoms with E-state index in [-0.39, 0.29) is 5.95 Å². The zero-order valence-electron chi connectivity index (χ0n) is 20.5. The summed E-state index contributed by atoms with van der Waals surface area (Å²) in [5.41, 5.74) is 10.6. The molecule has 1 fully saturated rings. The van der Waals surface area contributed by atoms with Gasteiger partial charge in [0.25, 0.3) is 0 Å². The van der Waals surface area contributed by atoms with Gasteiger partial charge in [0.15, 0.2) is 0 Å². The number of ether oxygens (including phenoxy) is 1. The first kappa shape index (κ1) is 25.9. The molecular formula is C27H33BrClN5O. The molecule has 1 atom stereocenters. The molecule has 35 heavy (non-hydrogen) atoms. The molecule has 1 unspecified atom stereocenters. The first-order valence-corrected chi connectivity index (χ1v) is 13.6. The fraction of sp³-hybridized carbons (Fsp3) is 0.519. The summed E-state index contributed by atoms with van der Waals surface area (Å²) in [5, 5.41) is 1.07. The molecule has 6 nitrogen and oxygen atoms in total. The van der Waals surface area contributed by atoms with Crippen LogP contribution in [0.4, 0.5) is 5.95 Å². The summed E-state index contributed by atoms with van der Waals surface area (Å²) < 4.78 is 8.65. The summed E-state index contributed by atoms with van der Waals surface area (Å²) in [5.74, 6) is 7.63. The SMILES string of the molecule is Cc1cnc(Cn2cc(C#CCCCCCC3CCCOCC3)c3c(Cl)nc(N)nc32)c(C)c1Br. The Kier molecular flexibility index (Phi) is 9.04. The molecule has 0 spiro atoms. The molecule has 0 aromatic carbocycles. The first-order chi connectivity index (χ1) is 16.9. The van der Waals surface area contributed by atoms with Crippen LogP contribution in [0.2, 0.25) is 5.15 Å². The largest absolute Gasteiger partial charge is 0.381 e. The van der Waals surface area contributed by atoms with Crippen molar-refractivity contribution in [1.82, 2.24) is 19.5 Å². The first-order valence-electron chi connectivity index (χ1n) is 12.4. The van der Waals surface area contributed by atoms with E-state index in [0.29, 0.717) is 17.3 Å². The molecule has 0 amide bonds. The lowest BCUT2D eigenvalue weighted by atomic mass is 9.94. The van der Waals surface area contributed by atoms with Crippen LogP contribution >= 0.6 is 27.5 Å². The van der Waals surface area contributed by atoms with Crippen molar-refractivity contribution in [2.75, 3.05) is 18.9 Å². The molecule has 4 rings (SSSR count). The minimum absolute atomic E-state index is 0.149. The molecular weight excluding hydrogens is 526 g/mol. The van der Waals surface area contributed by atoms with Crippen molar-refractivity contribution in [2.45, 2.75) is 71.8 Å². The molecule has 1 aliphatic heterocycles. The van der Waals surface area contributed by atoms with Crippen LogP contribution in [0.3, 0.4) is 0 Å². The van der Waals surface area contributed by atoms with E-state index in [1.165, 1.54) is 38.5 Å². The minimum Gasteiger partial charge on any atom is -0.381 e. The second kappa shape index (κ2) is 12.2. The van der Waals surface area contributed by atoms with Crippen LogP contribution in [0, 0.1) is 31.6 Å². The lowest BCUT2D eigenvalue weighted by Gasteiger charge is -2.12. The summed E-state index contributed by atoms with van der Waals surface area (Å²) in [6, 6.07) is 0. The maximum atomic E-state index is 6.48. The van der Waals surface area contributed by atoms with E-state index < -0.39 is 0 Å². The normalized spacial score (nSPS) is 16.2. The van der Waals surface area contributed by atoms with E-state index in [1.807, 2.05) is 23.9 Å². The van der Waals surface area contributed by atoms with Crippen LogP contribution in [0.25, 0.3) is 11.0 Å². The summed E-state index contributed by atoms with van der Waals surface area (Å²) in [4.78, 5) is 13.3. The van der Waals surface area contributed by atoms with Gasteiger partial charge in [-0.15, -0.1) is 0 Å². The fourth-order valence-electron chi connectivity index (χ4n) is 4.69. The Bertz CT molecular complexity index is 1240. The highest BCUT2D eigenvalue weighted by molar-refractivity contribution is 9.10. The molecule has 0 aliphatic carbocycles. The highest BCUT2D eigenvalue weighted by Gasteiger charge is 2.17.